The van der Waals surface area contributed by atoms with Crippen molar-refractivity contribution < 1.29 is 9.47 Å². The fourth-order valence-electron chi connectivity index (χ4n) is 3.16. The second-order valence-corrected chi connectivity index (χ2v) is 6.52. The van der Waals surface area contributed by atoms with Crippen molar-refractivity contribution in [2.45, 2.75) is 72.1 Å². The molecule has 0 unspecified atom stereocenters. The van der Waals surface area contributed by atoms with E-state index in [0.717, 1.165) is 61.2 Å². The molecule has 1 aromatic rings. The zero-order valence-corrected chi connectivity index (χ0v) is 17.4. The van der Waals surface area contributed by atoms with Crippen molar-refractivity contribution in [1.29, 1.82) is 5.26 Å². The fraction of sp³-hybridized carbons (Fsp3) is 0.542. The van der Waals surface area contributed by atoms with Crippen LogP contribution in [0.15, 0.2) is 0 Å². The van der Waals surface area contributed by atoms with Gasteiger partial charge in [-0.05, 0) is 63.1 Å². The van der Waals surface area contributed by atoms with Crippen LogP contribution in [-0.4, -0.2) is 14.2 Å². The lowest BCUT2D eigenvalue weighted by atomic mass is 9.94. The molecular weight excluding hydrogens is 334 g/mol. The zero-order chi connectivity index (χ0) is 20.1. The van der Waals surface area contributed by atoms with Crippen LogP contribution in [0.4, 0.5) is 0 Å². The average molecular weight is 366 g/mol. The van der Waals surface area contributed by atoms with Crippen molar-refractivity contribution in [1.82, 2.24) is 0 Å². The number of rotatable bonds is 8. The Balaban J connectivity index is 2.51. The van der Waals surface area contributed by atoms with E-state index in [4.69, 9.17) is 14.7 Å². The van der Waals surface area contributed by atoms with Crippen molar-refractivity contribution in [2.75, 3.05) is 14.2 Å². The maximum absolute atomic E-state index is 8.44. The van der Waals surface area contributed by atoms with Crippen LogP contribution in [0.2, 0.25) is 0 Å². The van der Waals surface area contributed by atoms with Gasteiger partial charge in [0.05, 0.1) is 26.7 Å². The highest BCUT2D eigenvalue weighted by atomic mass is 16.5. The molecule has 0 amide bonds. The number of benzene rings is 1. The van der Waals surface area contributed by atoms with Crippen LogP contribution in [0, 0.1) is 55.8 Å². The summed E-state index contributed by atoms with van der Waals surface area (Å²) >= 11 is 0. The maximum Gasteiger partial charge on any atom is 0.125 e. The van der Waals surface area contributed by atoms with Gasteiger partial charge in [-0.2, -0.15) is 5.26 Å². The summed E-state index contributed by atoms with van der Waals surface area (Å²) in [7, 11) is 3.47. The summed E-state index contributed by atoms with van der Waals surface area (Å²) in [5, 5.41) is 8.44. The van der Waals surface area contributed by atoms with Crippen molar-refractivity contribution in [3.63, 3.8) is 0 Å². The molecule has 0 aromatic heterocycles. The number of hydrogen-bond acceptors (Lipinski definition) is 3. The van der Waals surface area contributed by atoms with E-state index in [0.29, 0.717) is 12.8 Å². The van der Waals surface area contributed by atoms with E-state index in [9.17, 15) is 0 Å². The third-order valence-electron chi connectivity index (χ3n) is 4.71. The summed E-state index contributed by atoms with van der Waals surface area (Å²) in [6, 6.07) is 2.12. The van der Waals surface area contributed by atoms with Gasteiger partial charge in [-0.3, -0.25) is 0 Å². The molecule has 1 aromatic carbocycles. The number of ether oxygens (including phenoxy) is 2. The van der Waals surface area contributed by atoms with Gasteiger partial charge in [0.25, 0.3) is 0 Å². The summed E-state index contributed by atoms with van der Waals surface area (Å²) in [5.74, 6) is 14.4. The molecule has 0 heterocycles. The van der Waals surface area contributed by atoms with Gasteiger partial charge in [-0.1, -0.05) is 11.8 Å². The predicted octanol–water partition coefficient (Wildman–Crippen LogP) is 5.43. The molecule has 0 aliphatic heterocycles. The summed E-state index contributed by atoms with van der Waals surface area (Å²) in [6.45, 7) is 6.28. The van der Waals surface area contributed by atoms with Crippen molar-refractivity contribution in [3.8, 4) is 41.2 Å². The highest BCUT2D eigenvalue weighted by molar-refractivity contribution is 5.58. The first kappa shape index (κ1) is 22.5. The van der Waals surface area contributed by atoms with E-state index in [1.54, 1.807) is 14.2 Å². The molecule has 0 spiro atoms. The molecule has 3 heteroatoms. The number of hydrogen-bond donors (Lipinski definition) is 0. The van der Waals surface area contributed by atoms with Gasteiger partial charge < -0.3 is 9.47 Å². The molecule has 0 aliphatic rings. The molecule has 0 N–H and O–H groups in total. The van der Waals surface area contributed by atoms with Crippen LogP contribution in [0.1, 0.15) is 67.2 Å². The molecule has 0 aliphatic carbocycles. The second-order valence-electron chi connectivity index (χ2n) is 6.52. The monoisotopic (exact) mass is 365 g/mol. The van der Waals surface area contributed by atoms with Crippen molar-refractivity contribution in [2.24, 2.45) is 0 Å². The minimum atomic E-state index is 0.580. The Kier molecular flexibility index (Phi) is 10.6. The number of nitrogens with zero attached hydrogens (tertiary/aromatic N) is 1. The lowest BCUT2D eigenvalue weighted by Gasteiger charge is -2.20. The van der Waals surface area contributed by atoms with Gasteiger partial charge >= 0.3 is 0 Å². The first-order valence-corrected chi connectivity index (χ1v) is 9.57. The molecule has 0 fully saturated rings. The van der Waals surface area contributed by atoms with Crippen LogP contribution in [-0.2, 0) is 6.42 Å². The Labute approximate surface area is 165 Å². The normalized spacial score (nSPS) is 9.48. The molecular formula is C24H31NO2. The summed E-state index contributed by atoms with van der Waals surface area (Å²) < 4.78 is 11.3. The Hall–Kier alpha value is -2.57. The number of nitriles is 1. The molecule has 27 heavy (non-hydrogen) atoms. The van der Waals surface area contributed by atoms with Crippen LogP contribution < -0.4 is 9.47 Å². The topological polar surface area (TPSA) is 42.2 Å². The standard InChI is InChI=1S/C24H31NO2/c1-19-20(2)24(27-5)22(21(3)23(19)26-4)17-15-13-11-9-7-6-8-10-12-14-16-18-25/h6,11-17H2,1-5H3. The SMILES string of the molecule is COc1c(C)c(C)c(OC)c(CCCCC#CCC#CCCCC#N)c1C. The summed E-state index contributed by atoms with van der Waals surface area (Å²) in [5.41, 5.74) is 4.72. The minimum absolute atomic E-state index is 0.580. The minimum Gasteiger partial charge on any atom is -0.496 e. The molecule has 0 saturated carbocycles. The van der Waals surface area contributed by atoms with E-state index in [1.165, 1.54) is 11.1 Å². The third kappa shape index (κ3) is 6.92. The van der Waals surface area contributed by atoms with Crippen molar-refractivity contribution in [3.05, 3.63) is 22.3 Å². The maximum atomic E-state index is 8.44. The lowest BCUT2D eigenvalue weighted by Crippen LogP contribution is -2.04. The van der Waals surface area contributed by atoms with Crippen molar-refractivity contribution >= 4 is 0 Å². The fourth-order valence-corrected chi connectivity index (χ4v) is 3.16. The lowest BCUT2D eigenvalue weighted by molar-refractivity contribution is 0.390. The Bertz CT molecular complexity index is 779. The van der Waals surface area contributed by atoms with E-state index in [2.05, 4.69) is 50.5 Å². The smallest absolute Gasteiger partial charge is 0.125 e. The quantitative estimate of drug-likeness (QED) is 0.455. The molecule has 0 atom stereocenters. The summed E-state index contributed by atoms with van der Waals surface area (Å²) in [6.07, 6.45) is 6.81. The van der Waals surface area contributed by atoms with Crippen LogP contribution in [0.25, 0.3) is 0 Å². The van der Waals surface area contributed by atoms with Gasteiger partial charge in [-0.25, -0.2) is 0 Å². The number of unbranched alkanes of at least 4 members (excludes halogenated alkanes) is 4. The Morgan fingerprint density at radius 1 is 0.704 bits per heavy atom. The second kappa shape index (κ2) is 12.7. The van der Waals surface area contributed by atoms with Gasteiger partial charge in [0.15, 0.2) is 0 Å². The highest BCUT2D eigenvalue weighted by Gasteiger charge is 2.18. The van der Waals surface area contributed by atoms with E-state index in [1.807, 2.05) is 0 Å². The first-order valence-electron chi connectivity index (χ1n) is 9.57. The van der Waals surface area contributed by atoms with Crippen LogP contribution in [0.5, 0.6) is 11.5 Å². The van der Waals surface area contributed by atoms with E-state index in [-0.39, 0.29) is 0 Å². The van der Waals surface area contributed by atoms with Gasteiger partial charge in [0.1, 0.15) is 11.5 Å². The molecule has 0 bridgehead atoms. The molecule has 144 valence electrons. The largest absolute Gasteiger partial charge is 0.496 e. The van der Waals surface area contributed by atoms with Crippen LogP contribution in [0.3, 0.4) is 0 Å². The Morgan fingerprint density at radius 2 is 1.30 bits per heavy atom. The van der Waals surface area contributed by atoms with E-state index >= 15 is 0 Å². The average Bonchev–Trinajstić information content (AvgIpc) is 2.67. The summed E-state index contributed by atoms with van der Waals surface area (Å²) in [4.78, 5) is 0. The predicted molar refractivity (Wildman–Crippen MR) is 111 cm³/mol. The highest BCUT2D eigenvalue weighted by Crippen LogP contribution is 2.38. The molecule has 3 nitrogen and oxygen atoms in total. The van der Waals surface area contributed by atoms with Gasteiger partial charge in [-0.15, -0.1) is 11.8 Å². The molecule has 0 radical (unpaired) electrons. The molecule has 1 rings (SSSR count). The van der Waals surface area contributed by atoms with Crippen LogP contribution >= 0.6 is 0 Å². The van der Waals surface area contributed by atoms with Gasteiger partial charge in [0, 0.05) is 24.8 Å². The number of methoxy groups -OCH3 is 2. The van der Waals surface area contributed by atoms with Gasteiger partial charge in [0.2, 0.25) is 0 Å². The molecule has 0 saturated heterocycles. The zero-order valence-electron chi connectivity index (χ0n) is 17.4. The van der Waals surface area contributed by atoms with E-state index < -0.39 is 0 Å². The third-order valence-corrected chi connectivity index (χ3v) is 4.71. The Morgan fingerprint density at radius 3 is 1.89 bits per heavy atom. The first-order chi connectivity index (χ1) is 13.1.